The molecule has 0 bridgehead atoms. The molecule has 84 valence electrons. The minimum absolute atomic E-state index is 0.130. The molecule has 1 saturated heterocycles. The van der Waals surface area contributed by atoms with Gasteiger partial charge in [0, 0.05) is 32.4 Å². The van der Waals surface area contributed by atoms with Gasteiger partial charge in [-0.15, -0.1) is 0 Å². The quantitative estimate of drug-likeness (QED) is 0.655. The van der Waals surface area contributed by atoms with Crippen LogP contribution in [0.2, 0.25) is 0 Å². The average molecular weight is 207 g/mol. The fourth-order valence-corrected chi connectivity index (χ4v) is 2.58. The lowest BCUT2D eigenvalue weighted by molar-refractivity contribution is -0.0226. The number of hydrogen-bond donors (Lipinski definition) is 0. The first kappa shape index (κ1) is 10.7. The van der Waals surface area contributed by atoms with Crippen LogP contribution in [0.3, 0.4) is 0 Å². The zero-order chi connectivity index (χ0) is 10.9. The lowest BCUT2D eigenvalue weighted by atomic mass is 9.87. The molecule has 2 heterocycles. The van der Waals surface area contributed by atoms with Crippen LogP contribution in [0, 0.1) is 0 Å². The van der Waals surface area contributed by atoms with Crippen LogP contribution in [0.25, 0.3) is 0 Å². The maximum Gasteiger partial charge on any atom is 0.115 e. The van der Waals surface area contributed by atoms with E-state index in [-0.39, 0.29) is 5.60 Å². The van der Waals surface area contributed by atoms with Crippen LogP contribution in [0.1, 0.15) is 33.1 Å². The van der Waals surface area contributed by atoms with Gasteiger partial charge >= 0.3 is 0 Å². The van der Waals surface area contributed by atoms with Crippen molar-refractivity contribution in [3.63, 3.8) is 0 Å². The summed E-state index contributed by atoms with van der Waals surface area (Å²) in [6.07, 6.45) is 7.75. The second-order valence-corrected chi connectivity index (χ2v) is 4.85. The van der Waals surface area contributed by atoms with E-state index >= 15 is 0 Å². The fraction of sp³-hybridized carbons (Fsp3) is 0.692. The summed E-state index contributed by atoms with van der Waals surface area (Å²) in [6.45, 7) is 6.50. The molecule has 0 unspecified atom stereocenters. The SMILES string of the molecule is CC=CC1=C(C)OC2(CCN(C)CC2)C1. The monoisotopic (exact) mass is 207 g/mol. The summed E-state index contributed by atoms with van der Waals surface area (Å²) in [4.78, 5) is 2.39. The van der Waals surface area contributed by atoms with E-state index < -0.39 is 0 Å². The molecule has 1 fully saturated rings. The summed E-state index contributed by atoms with van der Waals surface area (Å²) >= 11 is 0. The predicted octanol–water partition coefficient (Wildman–Crippen LogP) is 2.72. The minimum Gasteiger partial charge on any atom is -0.491 e. The van der Waals surface area contributed by atoms with Crippen LogP contribution in [0.5, 0.6) is 0 Å². The van der Waals surface area contributed by atoms with Gasteiger partial charge in [-0.1, -0.05) is 12.2 Å². The third-order valence-electron chi connectivity index (χ3n) is 3.60. The number of hydrogen-bond acceptors (Lipinski definition) is 2. The van der Waals surface area contributed by atoms with E-state index in [1.807, 2.05) is 0 Å². The molecule has 1 spiro atoms. The van der Waals surface area contributed by atoms with Gasteiger partial charge in [0.05, 0.1) is 5.76 Å². The van der Waals surface area contributed by atoms with Crippen molar-refractivity contribution in [2.24, 2.45) is 0 Å². The molecular weight excluding hydrogens is 186 g/mol. The first-order chi connectivity index (χ1) is 7.15. The van der Waals surface area contributed by atoms with Crippen LogP contribution in [0.4, 0.5) is 0 Å². The highest BCUT2D eigenvalue weighted by Crippen LogP contribution is 2.41. The van der Waals surface area contributed by atoms with Crippen molar-refractivity contribution in [3.8, 4) is 0 Å². The van der Waals surface area contributed by atoms with E-state index in [1.165, 1.54) is 18.4 Å². The number of likely N-dealkylation sites (tertiary alicyclic amines) is 1. The molecule has 0 radical (unpaired) electrons. The Morgan fingerprint density at radius 1 is 1.33 bits per heavy atom. The molecule has 0 aromatic rings. The van der Waals surface area contributed by atoms with Crippen LogP contribution in [0.15, 0.2) is 23.5 Å². The molecule has 0 saturated carbocycles. The van der Waals surface area contributed by atoms with Gasteiger partial charge in [-0.3, -0.25) is 0 Å². The maximum absolute atomic E-state index is 6.10. The van der Waals surface area contributed by atoms with Crippen molar-refractivity contribution in [2.45, 2.75) is 38.7 Å². The Morgan fingerprint density at radius 2 is 2.00 bits per heavy atom. The van der Waals surface area contributed by atoms with Gasteiger partial charge in [-0.2, -0.15) is 0 Å². The standard InChI is InChI=1S/C13H21NO/c1-4-5-12-10-13(15-11(12)2)6-8-14(3)9-7-13/h4-5H,6-10H2,1-3H3. The molecular formula is C13H21NO. The molecule has 0 N–H and O–H groups in total. The van der Waals surface area contributed by atoms with Gasteiger partial charge < -0.3 is 9.64 Å². The van der Waals surface area contributed by atoms with Gasteiger partial charge in [0.2, 0.25) is 0 Å². The second kappa shape index (κ2) is 4.01. The highest BCUT2D eigenvalue weighted by Gasteiger charge is 2.40. The van der Waals surface area contributed by atoms with Crippen molar-refractivity contribution in [1.29, 1.82) is 0 Å². The van der Waals surface area contributed by atoms with Crippen molar-refractivity contribution >= 4 is 0 Å². The normalized spacial score (nSPS) is 26.6. The second-order valence-electron chi connectivity index (χ2n) is 4.85. The zero-order valence-electron chi connectivity index (χ0n) is 10.0. The van der Waals surface area contributed by atoms with Crippen molar-refractivity contribution in [1.82, 2.24) is 4.90 Å². The Kier molecular flexibility index (Phi) is 2.87. The lowest BCUT2D eigenvalue weighted by Crippen LogP contribution is -2.42. The maximum atomic E-state index is 6.10. The summed E-state index contributed by atoms with van der Waals surface area (Å²) in [5.74, 6) is 1.14. The summed E-state index contributed by atoms with van der Waals surface area (Å²) in [5.41, 5.74) is 1.52. The minimum atomic E-state index is 0.130. The smallest absolute Gasteiger partial charge is 0.115 e. The van der Waals surface area contributed by atoms with Crippen molar-refractivity contribution in [2.75, 3.05) is 20.1 Å². The topological polar surface area (TPSA) is 12.5 Å². The van der Waals surface area contributed by atoms with Gasteiger partial charge in [-0.05, 0) is 26.5 Å². The number of nitrogens with zero attached hydrogens (tertiary/aromatic N) is 1. The van der Waals surface area contributed by atoms with E-state index in [0.717, 1.165) is 25.3 Å². The largest absolute Gasteiger partial charge is 0.491 e. The van der Waals surface area contributed by atoms with Crippen molar-refractivity contribution in [3.05, 3.63) is 23.5 Å². The zero-order valence-corrected chi connectivity index (χ0v) is 10.0. The summed E-state index contributed by atoms with van der Waals surface area (Å²) in [6, 6.07) is 0. The van der Waals surface area contributed by atoms with Crippen LogP contribution < -0.4 is 0 Å². The summed E-state index contributed by atoms with van der Waals surface area (Å²) in [5, 5.41) is 0. The Hall–Kier alpha value is -0.760. The Balaban J connectivity index is 2.05. The molecule has 15 heavy (non-hydrogen) atoms. The van der Waals surface area contributed by atoms with Gasteiger partial charge in [0.1, 0.15) is 5.60 Å². The summed E-state index contributed by atoms with van der Waals surface area (Å²) < 4.78 is 6.10. The third-order valence-corrected chi connectivity index (χ3v) is 3.60. The fourth-order valence-electron chi connectivity index (χ4n) is 2.58. The van der Waals surface area contributed by atoms with E-state index in [1.54, 1.807) is 0 Å². The van der Waals surface area contributed by atoms with E-state index in [4.69, 9.17) is 4.74 Å². The van der Waals surface area contributed by atoms with Gasteiger partial charge in [0.25, 0.3) is 0 Å². The molecule has 0 aromatic carbocycles. The third kappa shape index (κ3) is 2.10. The van der Waals surface area contributed by atoms with E-state index in [0.29, 0.717) is 0 Å². The number of piperidine rings is 1. The summed E-state index contributed by atoms with van der Waals surface area (Å²) in [7, 11) is 2.19. The highest BCUT2D eigenvalue weighted by atomic mass is 16.5. The van der Waals surface area contributed by atoms with Crippen LogP contribution >= 0.6 is 0 Å². The predicted molar refractivity (Wildman–Crippen MR) is 62.7 cm³/mol. The Labute approximate surface area is 92.6 Å². The first-order valence-corrected chi connectivity index (χ1v) is 5.85. The van der Waals surface area contributed by atoms with E-state index in [2.05, 4.69) is 37.9 Å². The molecule has 2 aliphatic heterocycles. The molecule has 2 rings (SSSR count). The first-order valence-electron chi connectivity index (χ1n) is 5.85. The molecule has 0 atom stereocenters. The molecule has 2 aliphatic rings. The molecule has 0 amide bonds. The molecule has 0 aromatic heterocycles. The molecule has 2 heteroatoms. The van der Waals surface area contributed by atoms with Crippen LogP contribution in [-0.2, 0) is 4.74 Å². The van der Waals surface area contributed by atoms with Gasteiger partial charge in [0.15, 0.2) is 0 Å². The van der Waals surface area contributed by atoms with Gasteiger partial charge in [-0.25, -0.2) is 0 Å². The highest BCUT2D eigenvalue weighted by molar-refractivity contribution is 5.28. The number of allylic oxidation sites excluding steroid dienone is 3. The number of ether oxygens (including phenoxy) is 1. The van der Waals surface area contributed by atoms with Crippen LogP contribution in [-0.4, -0.2) is 30.6 Å². The molecule has 0 aliphatic carbocycles. The van der Waals surface area contributed by atoms with Crippen molar-refractivity contribution < 1.29 is 4.74 Å². The Bertz CT molecular complexity index is 296. The average Bonchev–Trinajstić information content (AvgIpc) is 2.50. The molecule has 2 nitrogen and oxygen atoms in total. The number of rotatable bonds is 1. The Morgan fingerprint density at radius 3 is 2.60 bits per heavy atom. The lowest BCUT2D eigenvalue weighted by Gasteiger charge is -2.37. The van der Waals surface area contributed by atoms with E-state index in [9.17, 15) is 0 Å².